The molecule has 0 aliphatic rings. The summed E-state index contributed by atoms with van der Waals surface area (Å²) in [4.78, 5) is 0. The molecule has 0 atom stereocenters. The van der Waals surface area contributed by atoms with Gasteiger partial charge in [0.1, 0.15) is 17.7 Å². The van der Waals surface area contributed by atoms with Gasteiger partial charge in [0.2, 0.25) is 0 Å². The predicted molar refractivity (Wildman–Crippen MR) is 58.8 cm³/mol. The third-order valence-electron chi connectivity index (χ3n) is 1.96. The summed E-state index contributed by atoms with van der Waals surface area (Å²) in [5.74, 6) is -0.0144. The lowest BCUT2D eigenvalue weighted by molar-refractivity contribution is -0.0512. The highest BCUT2D eigenvalue weighted by molar-refractivity contribution is 5.64. The Kier molecular flexibility index (Phi) is 4.65. The zero-order valence-electron chi connectivity index (χ0n) is 9.35. The lowest BCUT2D eigenvalue weighted by atomic mass is 10.1. The zero-order valence-corrected chi connectivity index (χ0v) is 9.35. The van der Waals surface area contributed by atoms with E-state index in [-0.39, 0.29) is 17.1 Å². The van der Waals surface area contributed by atoms with Gasteiger partial charge in [0.25, 0.3) is 0 Å². The lowest BCUT2D eigenvalue weighted by Gasteiger charge is -2.10. The number of allylic oxidation sites excluding steroid dienone is 1. The Morgan fingerprint density at radius 2 is 1.94 bits per heavy atom. The van der Waals surface area contributed by atoms with Crippen LogP contribution in [0, 0.1) is 22.7 Å². The van der Waals surface area contributed by atoms with E-state index in [1.54, 1.807) is 12.1 Å². The van der Waals surface area contributed by atoms with Crippen molar-refractivity contribution in [2.75, 3.05) is 7.11 Å². The van der Waals surface area contributed by atoms with Crippen LogP contribution in [0.15, 0.2) is 23.8 Å². The molecule has 0 aliphatic heterocycles. The van der Waals surface area contributed by atoms with Crippen molar-refractivity contribution in [3.8, 4) is 23.6 Å². The van der Waals surface area contributed by atoms with Crippen LogP contribution in [0.3, 0.4) is 0 Å². The van der Waals surface area contributed by atoms with Gasteiger partial charge >= 0.3 is 6.61 Å². The van der Waals surface area contributed by atoms with Crippen LogP contribution in [0.4, 0.5) is 8.78 Å². The van der Waals surface area contributed by atoms with Gasteiger partial charge in [-0.1, -0.05) is 6.07 Å². The van der Waals surface area contributed by atoms with E-state index in [9.17, 15) is 8.78 Å². The number of rotatable bonds is 4. The fourth-order valence-electron chi connectivity index (χ4n) is 1.23. The molecule has 18 heavy (non-hydrogen) atoms. The Bertz CT molecular complexity index is 526. The highest BCUT2D eigenvalue weighted by Gasteiger charge is 2.10. The average Bonchev–Trinajstić information content (AvgIpc) is 2.35. The highest BCUT2D eigenvalue weighted by Crippen LogP contribution is 2.30. The molecular weight excluding hydrogens is 242 g/mol. The molecule has 0 fully saturated rings. The van der Waals surface area contributed by atoms with Gasteiger partial charge in [0.15, 0.2) is 11.5 Å². The Morgan fingerprint density at radius 3 is 2.44 bits per heavy atom. The van der Waals surface area contributed by atoms with Crippen molar-refractivity contribution in [3.63, 3.8) is 0 Å². The van der Waals surface area contributed by atoms with Crippen molar-refractivity contribution in [3.05, 3.63) is 29.3 Å². The molecule has 0 unspecified atom stereocenters. The predicted octanol–water partition coefficient (Wildman–Crippen LogP) is 2.73. The maximum atomic E-state index is 12.2. The quantitative estimate of drug-likeness (QED) is 0.770. The Balaban J connectivity index is 3.15. The van der Waals surface area contributed by atoms with Crippen LogP contribution in [-0.4, -0.2) is 13.7 Å². The molecule has 0 aliphatic carbocycles. The van der Waals surface area contributed by atoms with Crippen LogP contribution in [0.25, 0.3) is 6.08 Å². The minimum Gasteiger partial charge on any atom is -0.493 e. The molecule has 0 spiro atoms. The highest BCUT2D eigenvalue weighted by atomic mass is 19.3. The molecule has 0 heterocycles. The smallest absolute Gasteiger partial charge is 0.387 e. The van der Waals surface area contributed by atoms with E-state index in [1.165, 1.54) is 31.4 Å². The van der Waals surface area contributed by atoms with Gasteiger partial charge in [-0.05, 0) is 23.8 Å². The second-order valence-electron chi connectivity index (χ2n) is 3.07. The molecule has 4 nitrogen and oxygen atoms in total. The summed E-state index contributed by atoms with van der Waals surface area (Å²) in [5.41, 5.74) is 0.257. The number of hydrogen-bond donors (Lipinski definition) is 0. The normalized spacial score (nSPS) is 9.22. The third-order valence-corrected chi connectivity index (χ3v) is 1.96. The van der Waals surface area contributed by atoms with E-state index in [1.807, 2.05) is 0 Å². The molecule has 1 aromatic rings. The van der Waals surface area contributed by atoms with E-state index in [2.05, 4.69) is 4.74 Å². The third kappa shape index (κ3) is 3.46. The topological polar surface area (TPSA) is 66.0 Å². The second-order valence-corrected chi connectivity index (χ2v) is 3.07. The standard InChI is InChI=1S/C12H8F2N2O2/c1-17-10-3-2-8(4-9(6-15)7-16)5-11(10)18-12(13)14/h2-5,12H,1H3. The molecule has 0 radical (unpaired) electrons. The van der Waals surface area contributed by atoms with E-state index in [0.29, 0.717) is 5.56 Å². The molecule has 0 saturated heterocycles. The number of hydrogen-bond acceptors (Lipinski definition) is 4. The maximum absolute atomic E-state index is 12.2. The first-order chi connectivity index (χ1) is 8.60. The fourth-order valence-corrected chi connectivity index (χ4v) is 1.23. The van der Waals surface area contributed by atoms with Gasteiger partial charge in [0, 0.05) is 0 Å². The van der Waals surface area contributed by atoms with Gasteiger partial charge in [-0.25, -0.2) is 0 Å². The van der Waals surface area contributed by atoms with Gasteiger partial charge in [-0.15, -0.1) is 0 Å². The first-order valence-electron chi connectivity index (χ1n) is 4.75. The largest absolute Gasteiger partial charge is 0.493 e. The first kappa shape index (κ1) is 13.5. The number of methoxy groups -OCH3 is 1. The van der Waals surface area contributed by atoms with E-state index in [4.69, 9.17) is 15.3 Å². The first-order valence-corrected chi connectivity index (χ1v) is 4.75. The van der Waals surface area contributed by atoms with Crippen LogP contribution >= 0.6 is 0 Å². The minimum atomic E-state index is -2.98. The van der Waals surface area contributed by atoms with Gasteiger partial charge in [-0.2, -0.15) is 19.3 Å². The molecular formula is C12H8F2N2O2. The monoisotopic (exact) mass is 250 g/mol. The second kappa shape index (κ2) is 6.21. The zero-order chi connectivity index (χ0) is 13.5. The Labute approximate surface area is 102 Å². The summed E-state index contributed by atoms with van der Waals surface area (Å²) in [6, 6.07) is 7.53. The number of halogens is 2. The van der Waals surface area contributed by atoms with Gasteiger partial charge in [-0.3, -0.25) is 0 Å². The van der Waals surface area contributed by atoms with Crippen LogP contribution < -0.4 is 9.47 Å². The molecule has 92 valence electrons. The van der Waals surface area contributed by atoms with E-state index >= 15 is 0 Å². The molecule has 6 heteroatoms. The SMILES string of the molecule is COc1ccc(C=C(C#N)C#N)cc1OC(F)F. The lowest BCUT2D eigenvalue weighted by Crippen LogP contribution is -2.03. The summed E-state index contributed by atoms with van der Waals surface area (Å²) in [7, 11) is 1.32. The van der Waals surface area contributed by atoms with Crippen LogP contribution in [-0.2, 0) is 0 Å². The molecule has 0 N–H and O–H groups in total. The number of ether oxygens (including phenoxy) is 2. The van der Waals surface area contributed by atoms with Gasteiger partial charge in [0.05, 0.1) is 7.11 Å². The number of alkyl halides is 2. The number of nitriles is 2. The molecule has 0 amide bonds. The molecule has 0 saturated carbocycles. The number of nitrogens with zero attached hydrogens (tertiary/aromatic N) is 2. The van der Waals surface area contributed by atoms with Crippen molar-refractivity contribution < 1.29 is 18.3 Å². The van der Waals surface area contributed by atoms with Crippen molar-refractivity contribution >= 4 is 6.08 Å². The molecule has 1 aromatic carbocycles. The van der Waals surface area contributed by atoms with Crippen molar-refractivity contribution in [2.24, 2.45) is 0 Å². The van der Waals surface area contributed by atoms with Crippen LogP contribution in [0.1, 0.15) is 5.56 Å². The fraction of sp³-hybridized carbons (Fsp3) is 0.167. The van der Waals surface area contributed by atoms with E-state index < -0.39 is 6.61 Å². The van der Waals surface area contributed by atoms with E-state index in [0.717, 1.165) is 0 Å². The minimum absolute atomic E-state index is 0.136. The molecule has 1 rings (SSSR count). The number of benzene rings is 1. The molecule has 0 bridgehead atoms. The maximum Gasteiger partial charge on any atom is 0.387 e. The van der Waals surface area contributed by atoms with Crippen molar-refractivity contribution in [1.82, 2.24) is 0 Å². The van der Waals surface area contributed by atoms with Crippen molar-refractivity contribution in [1.29, 1.82) is 10.5 Å². The van der Waals surface area contributed by atoms with Crippen LogP contribution in [0.5, 0.6) is 11.5 Å². The summed E-state index contributed by atoms with van der Waals surface area (Å²) >= 11 is 0. The summed E-state index contributed by atoms with van der Waals surface area (Å²) in [5, 5.41) is 17.2. The molecule has 0 aromatic heterocycles. The summed E-state index contributed by atoms with van der Waals surface area (Å²) in [6.45, 7) is -2.98. The summed E-state index contributed by atoms with van der Waals surface area (Å²) < 4.78 is 33.5. The van der Waals surface area contributed by atoms with Gasteiger partial charge < -0.3 is 9.47 Å². The van der Waals surface area contributed by atoms with Crippen LogP contribution in [0.2, 0.25) is 0 Å². The Hall–Kier alpha value is -2.60. The summed E-state index contributed by atoms with van der Waals surface area (Å²) in [6.07, 6.45) is 1.26. The van der Waals surface area contributed by atoms with Crippen molar-refractivity contribution in [2.45, 2.75) is 6.61 Å². The Morgan fingerprint density at radius 1 is 1.28 bits per heavy atom. The average molecular weight is 250 g/mol.